The molecule has 0 saturated carbocycles. The number of aromatic nitrogens is 2. The summed E-state index contributed by atoms with van der Waals surface area (Å²) in [7, 11) is -1.84. The zero-order chi connectivity index (χ0) is 17.9. The number of piperazine rings is 1. The highest BCUT2D eigenvalue weighted by Gasteiger charge is 2.24. The highest BCUT2D eigenvalue weighted by Crippen LogP contribution is 2.24. The van der Waals surface area contributed by atoms with E-state index >= 15 is 0 Å². The summed E-state index contributed by atoms with van der Waals surface area (Å²) in [6.07, 6.45) is 2.84. The van der Waals surface area contributed by atoms with Gasteiger partial charge in [-0.2, -0.15) is 5.10 Å². The first-order valence-electron chi connectivity index (χ1n) is 8.14. The molecular weight excluding hydrogens is 362 g/mol. The van der Waals surface area contributed by atoms with Crippen LogP contribution in [0.2, 0.25) is 5.02 Å². The number of rotatable bonds is 6. The predicted molar refractivity (Wildman–Crippen MR) is 97.0 cm³/mol. The highest BCUT2D eigenvalue weighted by molar-refractivity contribution is 7.89. The van der Waals surface area contributed by atoms with Gasteiger partial charge in [-0.1, -0.05) is 23.7 Å². The summed E-state index contributed by atoms with van der Waals surface area (Å²) in [5.74, 6) is 0. The van der Waals surface area contributed by atoms with Crippen LogP contribution in [0, 0.1) is 0 Å². The van der Waals surface area contributed by atoms with Gasteiger partial charge in [0, 0.05) is 57.0 Å². The van der Waals surface area contributed by atoms with Crippen molar-refractivity contribution in [3.63, 3.8) is 0 Å². The van der Waals surface area contributed by atoms with E-state index in [1.165, 1.54) is 17.1 Å². The molecular formula is C16H22ClN5O2S. The summed E-state index contributed by atoms with van der Waals surface area (Å²) in [6, 6.07) is 7.99. The first kappa shape index (κ1) is 18.3. The topological polar surface area (TPSA) is 79.3 Å². The zero-order valence-electron chi connectivity index (χ0n) is 14.0. The summed E-state index contributed by atoms with van der Waals surface area (Å²) in [5.41, 5.74) is 1.13. The second kappa shape index (κ2) is 7.84. The molecule has 1 unspecified atom stereocenters. The standard InChI is InChI=1S/C16H22ClN5O2S/c1-21-12-15(10-19-21)25(23,24)20-6-8-22-7-5-18-11-16(22)13-3-2-4-14(17)9-13/h2-4,9-10,12,16,18,20H,5-8,11H2,1H3. The van der Waals surface area contributed by atoms with Gasteiger partial charge in [0.15, 0.2) is 0 Å². The van der Waals surface area contributed by atoms with Crippen LogP contribution in [0.4, 0.5) is 0 Å². The SMILES string of the molecule is Cn1cc(S(=O)(=O)NCCN2CCNCC2c2cccc(Cl)c2)cn1. The van der Waals surface area contributed by atoms with Gasteiger partial charge in [0.1, 0.15) is 4.90 Å². The van der Waals surface area contributed by atoms with Gasteiger partial charge in [-0.3, -0.25) is 9.58 Å². The molecule has 1 aliphatic heterocycles. The van der Waals surface area contributed by atoms with E-state index < -0.39 is 10.0 Å². The molecule has 0 radical (unpaired) electrons. The molecule has 1 aliphatic rings. The summed E-state index contributed by atoms with van der Waals surface area (Å²) in [4.78, 5) is 2.45. The number of benzene rings is 1. The molecule has 1 atom stereocenters. The Hall–Kier alpha value is -1.45. The van der Waals surface area contributed by atoms with E-state index in [2.05, 4.69) is 26.1 Å². The normalized spacial score (nSPS) is 19.2. The van der Waals surface area contributed by atoms with Crippen molar-refractivity contribution in [2.24, 2.45) is 7.05 Å². The van der Waals surface area contributed by atoms with Gasteiger partial charge in [0.05, 0.1) is 6.20 Å². The van der Waals surface area contributed by atoms with Gasteiger partial charge in [0.25, 0.3) is 0 Å². The van der Waals surface area contributed by atoms with Gasteiger partial charge in [-0.25, -0.2) is 13.1 Å². The molecule has 0 amide bonds. The number of nitrogens with zero attached hydrogens (tertiary/aromatic N) is 3. The average molecular weight is 384 g/mol. The molecule has 25 heavy (non-hydrogen) atoms. The smallest absolute Gasteiger partial charge is 0.243 e. The Bertz CT molecular complexity index is 823. The minimum atomic E-state index is -3.53. The number of halogens is 1. The lowest BCUT2D eigenvalue weighted by Crippen LogP contribution is -2.48. The van der Waals surface area contributed by atoms with Crippen LogP contribution in [-0.4, -0.2) is 55.8 Å². The van der Waals surface area contributed by atoms with Crippen molar-refractivity contribution < 1.29 is 8.42 Å². The number of hydrogen-bond donors (Lipinski definition) is 2. The highest BCUT2D eigenvalue weighted by atomic mass is 35.5. The molecule has 2 aromatic rings. The molecule has 1 saturated heterocycles. The van der Waals surface area contributed by atoms with Crippen LogP contribution in [0.25, 0.3) is 0 Å². The van der Waals surface area contributed by atoms with Crippen molar-refractivity contribution in [2.45, 2.75) is 10.9 Å². The van der Waals surface area contributed by atoms with Crippen molar-refractivity contribution in [3.05, 3.63) is 47.2 Å². The van der Waals surface area contributed by atoms with Crippen molar-refractivity contribution in [2.75, 3.05) is 32.7 Å². The molecule has 9 heteroatoms. The van der Waals surface area contributed by atoms with Crippen LogP contribution in [0.1, 0.15) is 11.6 Å². The summed E-state index contributed by atoms with van der Waals surface area (Å²) < 4.78 is 28.7. The van der Waals surface area contributed by atoms with Crippen LogP contribution in [-0.2, 0) is 17.1 Å². The third-order valence-corrected chi connectivity index (χ3v) is 5.92. The molecule has 0 bridgehead atoms. The van der Waals surface area contributed by atoms with Crippen molar-refractivity contribution in [1.29, 1.82) is 0 Å². The molecule has 2 heterocycles. The fourth-order valence-corrected chi connectivity index (χ4v) is 4.20. The Kier molecular flexibility index (Phi) is 5.75. The Morgan fingerprint density at radius 3 is 3.00 bits per heavy atom. The van der Waals surface area contributed by atoms with Crippen molar-refractivity contribution in [1.82, 2.24) is 24.7 Å². The van der Waals surface area contributed by atoms with Gasteiger partial charge in [-0.15, -0.1) is 0 Å². The van der Waals surface area contributed by atoms with Crippen LogP contribution in [0.15, 0.2) is 41.6 Å². The average Bonchev–Trinajstić information content (AvgIpc) is 3.03. The Morgan fingerprint density at radius 1 is 1.44 bits per heavy atom. The van der Waals surface area contributed by atoms with Crippen LogP contribution < -0.4 is 10.0 Å². The molecule has 1 fully saturated rings. The molecule has 136 valence electrons. The van der Waals surface area contributed by atoms with Gasteiger partial charge < -0.3 is 5.32 Å². The van der Waals surface area contributed by atoms with Crippen molar-refractivity contribution >= 4 is 21.6 Å². The van der Waals surface area contributed by atoms with E-state index in [-0.39, 0.29) is 10.9 Å². The maximum absolute atomic E-state index is 12.3. The minimum Gasteiger partial charge on any atom is -0.314 e. The third kappa shape index (κ3) is 4.59. The fraction of sp³-hybridized carbons (Fsp3) is 0.438. The number of aryl methyl sites for hydroxylation is 1. The number of sulfonamides is 1. The maximum atomic E-state index is 12.3. The zero-order valence-corrected chi connectivity index (χ0v) is 15.6. The Balaban J connectivity index is 1.62. The molecule has 2 N–H and O–H groups in total. The van der Waals surface area contributed by atoms with Crippen LogP contribution >= 0.6 is 11.6 Å². The van der Waals surface area contributed by atoms with E-state index in [1.54, 1.807) is 7.05 Å². The second-order valence-electron chi connectivity index (χ2n) is 6.06. The van der Waals surface area contributed by atoms with E-state index in [9.17, 15) is 8.42 Å². The van der Waals surface area contributed by atoms with E-state index in [4.69, 9.17) is 11.6 Å². The number of nitrogens with one attached hydrogen (secondary N) is 2. The van der Waals surface area contributed by atoms with Crippen LogP contribution in [0.3, 0.4) is 0 Å². The van der Waals surface area contributed by atoms with Crippen LogP contribution in [0.5, 0.6) is 0 Å². The third-order valence-electron chi connectivity index (χ3n) is 4.27. The Morgan fingerprint density at radius 2 is 2.28 bits per heavy atom. The summed E-state index contributed by atoms with van der Waals surface area (Å²) in [6.45, 7) is 3.51. The molecule has 1 aromatic heterocycles. The fourth-order valence-electron chi connectivity index (χ4n) is 3.00. The largest absolute Gasteiger partial charge is 0.314 e. The molecule has 1 aromatic carbocycles. The van der Waals surface area contributed by atoms with Crippen molar-refractivity contribution in [3.8, 4) is 0 Å². The van der Waals surface area contributed by atoms with E-state index in [0.29, 0.717) is 18.1 Å². The monoisotopic (exact) mass is 383 g/mol. The number of hydrogen-bond acceptors (Lipinski definition) is 5. The molecule has 0 spiro atoms. The minimum absolute atomic E-state index is 0.176. The summed E-state index contributed by atoms with van der Waals surface area (Å²) >= 11 is 6.11. The predicted octanol–water partition coefficient (Wildman–Crippen LogP) is 0.998. The molecule has 7 nitrogen and oxygen atoms in total. The first-order chi connectivity index (χ1) is 12.0. The van der Waals surface area contributed by atoms with E-state index in [1.807, 2.05) is 18.2 Å². The van der Waals surface area contributed by atoms with Gasteiger partial charge in [-0.05, 0) is 17.7 Å². The lowest BCUT2D eigenvalue weighted by atomic mass is 10.0. The molecule has 0 aliphatic carbocycles. The second-order valence-corrected chi connectivity index (χ2v) is 8.26. The van der Waals surface area contributed by atoms with E-state index in [0.717, 1.165) is 25.2 Å². The quantitative estimate of drug-likeness (QED) is 0.778. The molecule has 3 rings (SSSR count). The lowest BCUT2D eigenvalue weighted by molar-refractivity contribution is 0.165. The summed E-state index contributed by atoms with van der Waals surface area (Å²) in [5, 5.41) is 8.00. The Labute approximate surface area is 153 Å². The first-order valence-corrected chi connectivity index (χ1v) is 10.0. The van der Waals surface area contributed by atoms with Gasteiger partial charge >= 0.3 is 0 Å². The van der Waals surface area contributed by atoms with Gasteiger partial charge in [0.2, 0.25) is 10.0 Å². The maximum Gasteiger partial charge on any atom is 0.243 e. The lowest BCUT2D eigenvalue weighted by Gasteiger charge is -2.36.